The fourth-order valence-electron chi connectivity index (χ4n) is 2.24. The number of aromatic nitrogens is 2. The van der Waals surface area contributed by atoms with Gasteiger partial charge in [0.1, 0.15) is 5.01 Å². The zero-order valence-electron chi connectivity index (χ0n) is 11.4. The Bertz CT molecular complexity index is 671. The maximum atomic E-state index is 4.35. The molecule has 0 fully saturated rings. The molecular formula is C16H17N3S. The number of aryl methyl sites for hydroxylation is 1. The average Bonchev–Trinajstić information content (AvgIpc) is 3.16. The van der Waals surface area contributed by atoms with Gasteiger partial charge in [0.05, 0.1) is 6.54 Å². The Balaban J connectivity index is 1.74. The van der Waals surface area contributed by atoms with Crippen molar-refractivity contribution in [2.24, 2.45) is 0 Å². The van der Waals surface area contributed by atoms with Gasteiger partial charge in [0.15, 0.2) is 0 Å². The van der Waals surface area contributed by atoms with Crippen LogP contribution in [0.25, 0.3) is 10.6 Å². The molecule has 0 aliphatic heterocycles. The van der Waals surface area contributed by atoms with Gasteiger partial charge in [-0.25, -0.2) is 4.98 Å². The van der Waals surface area contributed by atoms with Gasteiger partial charge in [-0.05, 0) is 31.2 Å². The number of thiazole rings is 1. The van der Waals surface area contributed by atoms with Gasteiger partial charge in [0.2, 0.25) is 0 Å². The summed E-state index contributed by atoms with van der Waals surface area (Å²) in [5.41, 5.74) is 3.59. The molecule has 0 saturated heterocycles. The first-order valence-corrected chi connectivity index (χ1v) is 7.62. The molecule has 4 heteroatoms. The molecule has 0 amide bonds. The van der Waals surface area contributed by atoms with Crippen LogP contribution in [0.4, 0.5) is 5.69 Å². The van der Waals surface area contributed by atoms with Crippen molar-refractivity contribution in [1.82, 2.24) is 9.55 Å². The molecule has 0 saturated carbocycles. The summed E-state index contributed by atoms with van der Waals surface area (Å²) < 4.78 is 2.25. The van der Waals surface area contributed by atoms with E-state index in [2.05, 4.69) is 64.4 Å². The molecule has 0 aliphatic carbocycles. The summed E-state index contributed by atoms with van der Waals surface area (Å²) in [6.45, 7) is 4.00. The molecule has 0 spiro atoms. The molecule has 20 heavy (non-hydrogen) atoms. The predicted molar refractivity (Wildman–Crippen MR) is 85.0 cm³/mol. The van der Waals surface area contributed by atoms with Gasteiger partial charge in [0, 0.05) is 41.3 Å². The van der Waals surface area contributed by atoms with Crippen molar-refractivity contribution in [2.75, 3.05) is 5.32 Å². The maximum absolute atomic E-state index is 4.35. The van der Waals surface area contributed by atoms with Gasteiger partial charge in [-0.15, -0.1) is 11.3 Å². The molecule has 0 atom stereocenters. The summed E-state index contributed by atoms with van der Waals surface area (Å²) in [6, 6.07) is 12.7. The minimum absolute atomic E-state index is 0.835. The third kappa shape index (κ3) is 2.75. The highest BCUT2D eigenvalue weighted by Gasteiger charge is 2.03. The lowest BCUT2D eigenvalue weighted by atomic mass is 10.2. The third-order valence-electron chi connectivity index (χ3n) is 3.28. The highest BCUT2D eigenvalue weighted by Crippen LogP contribution is 2.24. The third-order valence-corrected chi connectivity index (χ3v) is 4.10. The highest BCUT2D eigenvalue weighted by molar-refractivity contribution is 7.13. The molecule has 1 N–H and O–H groups in total. The Hall–Kier alpha value is -2.07. The van der Waals surface area contributed by atoms with Gasteiger partial charge >= 0.3 is 0 Å². The van der Waals surface area contributed by atoms with E-state index >= 15 is 0 Å². The van der Waals surface area contributed by atoms with Gasteiger partial charge in [-0.1, -0.05) is 12.1 Å². The summed E-state index contributed by atoms with van der Waals surface area (Å²) >= 11 is 1.66. The quantitative estimate of drug-likeness (QED) is 0.759. The SMILES string of the molecule is CCn1cccc1CNc1cccc(-c2nccs2)c1. The van der Waals surface area contributed by atoms with E-state index in [4.69, 9.17) is 0 Å². The molecule has 3 aromatic rings. The van der Waals surface area contributed by atoms with Crippen LogP contribution in [0.2, 0.25) is 0 Å². The molecule has 0 bridgehead atoms. The van der Waals surface area contributed by atoms with E-state index in [-0.39, 0.29) is 0 Å². The van der Waals surface area contributed by atoms with E-state index in [1.165, 1.54) is 5.69 Å². The Morgan fingerprint density at radius 3 is 3.00 bits per heavy atom. The Morgan fingerprint density at radius 2 is 2.20 bits per heavy atom. The average molecular weight is 283 g/mol. The maximum Gasteiger partial charge on any atom is 0.123 e. The number of anilines is 1. The number of hydrogen-bond donors (Lipinski definition) is 1. The summed E-state index contributed by atoms with van der Waals surface area (Å²) in [6.07, 6.45) is 3.96. The van der Waals surface area contributed by atoms with Crippen molar-refractivity contribution >= 4 is 17.0 Å². The topological polar surface area (TPSA) is 29.9 Å². The van der Waals surface area contributed by atoms with Crippen molar-refractivity contribution in [3.8, 4) is 10.6 Å². The smallest absolute Gasteiger partial charge is 0.123 e. The van der Waals surface area contributed by atoms with Crippen LogP contribution >= 0.6 is 11.3 Å². The van der Waals surface area contributed by atoms with Crippen LogP contribution in [0.5, 0.6) is 0 Å². The molecule has 1 aromatic carbocycles. The van der Waals surface area contributed by atoms with Crippen molar-refractivity contribution in [1.29, 1.82) is 0 Å². The zero-order valence-corrected chi connectivity index (χ0v) is 12.2. The monoisotopic (exact) mass is 283 g/mol. The normalized spacial score (nSPS) is 10.7. The number of hydrogen-bond acceptors (Lipinski definition) is 3. The van der Waals surface area contributed by atoms with E-state index in [1.807, 2.05) is 11.6 Å². The van der Waals surface area contributed by atoms with E-state index < -0.39 is 0 Å². The fraction of sp³-hybridized carbons (Fsp3) is 0.188. The largest absolute Gasteiger partial charge is 0.379 e. The Labute approximate surface area is 122 Å². The van der Waals surface area contributed by atoms with Gasteiger partial charge < -0.3 is 9.88 Å². The van der Waals surface area contributed by atoms with Crippen LogP contribution in [-0.4, -0.2) is 9.55 Å². The Kier molecular flexibility index (Phi) is 3.83. The number of nitrogens with one attached hydrogen (secondary N) is 1. The minimum Gasteiger partial charge on any atom is -0.379 e. The molecule has 0 aliphatic rings. The summed E-state index contributed by atoms with van der Waals surface area (Å²) in [5.74, 6) is 0. The van der Waals surface area contributed by atoms with Gasteiger partial charge in [-0.3, -0.25) is 0 Å². The van der Waals surface area contributed by atoms with E-state index in [1.54, 1.807) is 11.3 Å². The van der Waals surface area contributed by atoms with E-state index in [9.17, 15) is 0 Å². The molecule has 3 rings (SSSR count). The van der Waals surface area contributed by atoms with Crippen LogP contribution < -0.4 is 5.32 Å². The zero-order chi connectivity index (χ0) is 13.8. The second kappa shape index (κ2) is 5.92. The lowest BCUT2D eigenvalue weighted by molar-refractivity contribution is 0.724. The number of benzene rings is 1. The molecular weight excluding hydrogens is 266 g/mol. The number of rotatable bonds is 5. The highest BCUT2D eigenvalue weighted by atomic mass is 32.1. The molecule has 0 radical (unpaired) electrons. The first-order valence-electron chi connectivity index (χ1n) is 6.74. The molecule has 2 heterocycles. The molecule has 3 nitrogen and oxygen atoms in total. The van der Waals surface area contributed by atoms with Crippen molar-refractivity contribution in [3.63, 3.8) is 0 Å². The second-order valence-corrected chi connectivity index (χ2v) is 5.45. The first kappa shape index (κ1) is 12.9. The molecule has 0 unspecified atom stereocenters. The van der Waals surface area contributed by atoms with E-state index in [0.717, 1.165) is 29.3 Å². The molecule has 2 aromatic heterocycles. The lowest BCUT2D eigenvalue weighted by Crippen LogP contribution is -2.05. The lowest BCUT2D eigenvalue weighted by Gasteiger charge is -2.10. The minimum atomic E-state index is 0.835. The Morgan fingerprint density at radius 1 is 1.25 bits per heavy atom. The van der Waals surface area contributed by atoms with Crippen molar-refractivity contribution in [2.45, 2.75) is 20.0 Å². The summed E-state index contributed by atoms with van der Waals surface area (Å²) in [7, 11) is 0. The van der Waals surface area contributed by atoms with Crippen molar-refractivity contribution in [3.05, 3.63) is 59.9 Å². The standard InChI is InChI=1S/C16H17N3S/c1-2-19-9-4-7-15(19)12-18-14-6-3-5-13(11-14)16-17-8-10-20-16/h3-11,18H,2,12H2,1H3. The van der Waals surface area contributed by atoms with Crippen LogP contribution in [0, 0.1) is 0 Å². The van der Waals surface area contributed by atoms with Crippen LogP contribution in [0.15, 0.2) is 54.2 Å². The van der Waals surface area contributed by atoms with Crippen LogP contribution in [0.3, 0.4) is 0 Å². The van der Waals surface area contributed by atoms with Crippen LogP contribution in [0.1, 0.15) is 12.6 Å². The van der Waals surface area contributed by atoms with Crippen molar-refractivity contribution < 1.29 is 0 Å². The number of nitrogens with zero attached hydrogens (tertiary/aromatic N) is 2. The first-order chi connectivity index (χ1) is 9.86. The predicted octanol–water partition coefficient (Wildman–Crippen LogP) is 4.24. The summed E-state index contributed by atoms with van der Waals surface area (Å²) in [4.78, 5) is 4.35. The van der Waals surface area contributed by atoms with Crippen LogP contribution in [-0.2, 0) is 13.1 Å². The summed E-state index contributed by atoms with van der Waals surface area (Å²) in [5, 5.41) is 6.54. The van der Waals surface area contributed by atoms with Gasteiger partial charge in [0.25, 0.3) is 0 Å². The molecule has 102 valence electrons. The second-order valence-electron chi connectivity index (χ2n) is 4.56. The van der Waals surface area contributed by atoms with E-state index in [0.29, 0.717) is 0 Å². The fourth-order valence-corrected chi connectivity index (χ4v) is 2.87. The van der Waals surface area contributed by atoms with Gasteiger partial charge in [-0.2, -0.15) is 0 Å².